The molecule has 2 atom stereocenters. The van der Waals surface area contributed by atoms with Gasteiger partial charge in [0, 0.05) is 18.0 Å². The number of carbonyl (C=O) groups excluding carboxylic acids is 2. The van der Waals surface area contributed by atoms with Crippen LogP contribution < -0.4 is 5.32 Å². The third-order valence-electron chi connectivity index (χ3n) is 3.92. The van der Waals surface area contributed by atoms with E-state index in [0.717, 1.165) is 11.1 Å². The molecule has 20 heavy (non-hydrogen) atoms. The van der Waals surface area contributed by atoms with E-state index in [1.807, 2.05) is 18.2 Å². The lowest BCUT2D eigenvalue weighted by Crippen LogP contribution is -2.59. The minimum absolute atomic E-state index is 0.0720. The minimum Gasteiger partial charge on any atom is -0.467 e. The van der Waals surface area contributed by atoms with Crippen molar-refractivity contribution in [2.75, 3.05) is 20.2 Å². The number of benzene rings is 1. The fraction of sp³-hybridized carbons (Fsp3) is 0.429. The molecule has 1 N–H and O–H groups in total. The predicted molar refractivity (Wildman–Crippen MR) is 73.4 cm³/mol. The molecule has 1 aromatic carbocycles. The number of fused-ring (bicyclic) bond motifs is 3. The number of hydrogen-bond donors (Lipinski definition) is 1. The van der Waals surface area contributed by atoms with Gasteiger partial charge in [-0.1, -0.05) is 17.7 Å². The number of nitrogens with one attached hydrogen (secondary N) is 1. The summed E-state index contributed by atoms with van der Waals surface area (Å²) in [6, 6.07) is 4.91. The summed E-state index contributed by atoms with van der Waals surface area (Å²) in [4.78, 5) is 25.8. The molecule has 1 saturated heterocycles. The van der Waals surface area contributed by atoms with Crippen LogP contribution in [0, 0.1) is 0 Å². The zero-order valence-corrected chi connectivity index (χ0v) is 11.8. The molecule has 0 aromatic heterocycles. The van der Waals surface area contributed by atoms with E-state index in [4.69, 9.17) is 16.3 Å². The van der Waals surface area contributed by atoms with Crippen LogP contribution in [0.15, 0.2) is 18.2 Å². The fourth-order valence-electron chi connectivity index (χ4n) is 3.05. The number of methoxy groups -OCH3 is 1. The Balaban J connectivity index is 2.07. The monoisotopic (exact) mass is 294 g/mol. The number of piperazine rings is 1. The molecule has 0 spiro atoms. The van der Waals surface area contributed by atoms with Crippen molar-refractivity contribution in [1.29, 1.82) is 0 Å². The van der Waals surface area contributed by atoms with Gasteiger partial charge in [-0.15, -0.1) is 0 Å². The fourth-order valence-corrected chi connectivity index (χ4v) is 3.24. The molecular formula is C14H15ClN2O3. The minimum atomic E-state index is -0.564. The summed E-state index contributed by atoms with van der Waals surface area (Å²) in [5.41, 5.74) is 2.06. The lowest BCUT2D eigenvalue weighted by Gasteiger charge is -2.44. The standard InChI is InChI=1S/C14H15ClN2O3/c1-20-14(19)11-5-8-4-9(15)2-3-10(8)12-6-16-7-13(18)17(11)12/h2-4,11-12,16H,5-7H2,1H3/t11-,12+/m1/s1. The Morgan fingerprint density at radius 1 is 1.50 bits per heavy atom. The van der Waals surface area contributed by atoms with Crippen molar-refractivity contribution in [3.05, 3.63) is 34.3 Å². The van der Waals surface area contributed by atoms with Crippen molar-refractivity contribution in [2.45, 2.75) is 18.5 Å². The summed E-state index contributed by atoms with van der Waals surface area (Å²) in [6.07, 6.45) is 0.449. The smallest absolute Gasteiger partial charge is 0.328 e. The Labute approximate surface area is 121 Å². The van der Waals surface area contributed by atoms with Crippen LogP contribution in [0.2, 0.25) is 5.02 Å². The number of rotatable bonds is 1. The average molecular weight is 295 g/mol. The van der Waals surface area contributed by atoms with E-state index in [1.54, 1.807) is 4.90 Å². The van der Waals surface area contributed by atoms with Gasteiger partial charge in [0.1, 0.15) is 6.04 Å². The van der Waals surface area contributed by atoms with E-state index in [0.29, 0.717) is 18.0 Å². The molecule has 106 valence electrons. The molecule has 1 aromatic rings. The van der Waals surface area contributed by atoms with Crippen LogP contribution in [-0.2, 0) is 20.7 Å². The molecular weight excluding hydrogens is 280 g/mol. The second-order valence-electron chi connectivity index (χ2n) is 5.03. The van der Waals surface area contributed by atoms with E-state index >= 15 is 0 Å². The van der Waals surface area contributed by atoms with Crippen LogP contribution in [0.3, 0.4) is 0 Å². The molecule has 0 saturated carbocycles. The molecule has 1 fully saturated rings. The summed E-state index contributed by atoms with van der Waals surface area (Å²) in [5.74, 6) is -0.451. The van der Waals surface area contributed by atoms with Gasteiger partial charge in [-0.3, -0.25) is 4.79 Å². The van der Waals surface area contributed by atoms with Gasteiger partial charge in [-0.25, -0.2) is 4.79 Å². The Bertz CT molecular complexity index is 576. The zero-order valence-electron chi connectivity index (χ0n) is 11.1. The Hall–Kier alpha value is -1.59. The first-order chi connectivity index (χ1) is 9.61. The molecule has 3 rings (SSSR count). The molecule has 0 unspecified atom stereocenters. The first kappa shape index (κ1) is 13.4. The van der Waals surface area contributed by atoms with Crippen molar-refractivity contribution in [3.8, 4) is 0 Å². The maximum atomic E-state index is 12.2. The van der Waals surface area contributed by atoms with Crippen molar-refractivity contribution >= 4 is 23.5 Å². The van der Waals surface area contributed by atoms with Gasteiger partial charge in [0.15, 0.2) is 0 Å². The van der Waals surface area contributed by atoms with E-state index in [1.165, 1.54) is 7.11 Å². The highest BCUT2D eigenvalue weighted by Gasteiger charge is 2.43. The quantitative estimate of drug-likeness (QED) is 0.782. The Morgan fingerprint density at radius 2 is 2.30 bits per heavy atom. The lowest BCUT2D eigenvalue weighted by molar-refractivity contribution is -0.157. The molecule has 0 aliphatic carbocycles. The van der Waals surface area contributed by atoms with Gasteiger partial charge in [0.2, 0.25) is 5.91 Å². The third-order valence-corrected chi connectivity index (χ3v) is 4.16. The van der Waals surface area contributed by atoms with Gasteiger partial charge < -0.3 is 15.0 Å². The highest BCUT2D eigenvalue weighted by atomic mass is 35.5. The van der Waals surface area contributed by atoms with Crippen molar-refractivity contribution in [1.82, 2.24) is 10.2 Å². The topological polar surface area (TPSA) is 58.6 Å². The maximum absolute atomic E-state index is 12.2. The first-order valence-corrected chi connectivity index (χ1v) is 6.87. The normalized spacial score (nSPS) is 24.9. The summed E-state index contributed by atoms with van der Waals surface area (Å²) >= 11 is 6.03. The molecule has 6 heteroatoms. The number of ether oxygens (including phenoxy) is 1. The van der Waals surface area contributed by atoms with Crippen LogP contribution in [0.1, 0.15) is 17.2 Å². The Morgan fingerprint density at radius 3 is 3.05 bits per heavy atom. The van der Waals surface area contributed by atoms with E-state index in [9.17, 15) is 9.59 Å². The molecule has 0 bridgehead atoms. The van der Waals surface area contributed by atoms with E-state index in [2.05, 4.69) is 5.32 Å². The lowest BCUT2D eigenvalue weighted by atomic mass is 9.87. The van der Waals surface area contributed by atoms with Crippen LogP contribution in [0.25, 0.3) is 0 Å². The van der Waals surface area contributed by atoms with Gasteiger partial charge in [0.25, 0.3) is 0 Å². The van der Waals surface area contributed by atoms with Gasteiger partial charge in [-0.05, 0) is 23.3 Å². The van der Waals surface area contributed by atoms with E-state index < -0.39 is 6.04 Å². The number of hydrogen-bond acceptors (Lipinski definition) is 4. The highest BCUT2D eigenvalue weighted by Crippen LogP contribution is 2.35. The molecule has 5 nitrogen and oxygen atoms in total. The summed E-state index contributed by atoms with van der Waals surface area (Å²) in [5, 5.41) is 3.73. The number of carbonyl (C=O) groups is 2. The van der Waals surface area contributed by atoms with Crippen molar-refractivity contribution < 1.29 is 14.3 Å². The van der Waals surface area contributed by atoms with Crippen LogP contribution in [0.4, 0.5) is 0 Å². The number of amides is 1. The van der Waals surface area contributed by atoms with Crippen molar-refractivity contribution in [3.63, 3.8) is 0 Å². The molecule has 0 radical (unpaired) electrons. The molecule has 2 aliphatic rings. The number of esters is 1. The average Bonchev–Trinajstić information content (AvgIpc) is 2.45. The van der Waals surface area contributed by atoms with Gasteiger partial charge in [0.05, 0.1) is 19.7 Å². The predicted octanol–water partition coefficient (Wildman–Crippen LogP) is 0.911. The molecule has 2 aliphatic heterocycles. The van der Waals surface area contributed by atoms with Gasteiger partial charge >= 0.3 is 5.97 Å². The zero-order chi connectivity index (χ0) is 14.3. The molecule has 1 amide bonds. The first-order valence-electron chi connectivity index (χ1n) is 6.50. The van der Waals surface area contributed by atoms with Crippen molar-refractivity contribution in [2.24, 2.45) is 0 Å². The van der Waals surface area contributed by atoms with E-state index in [-0.39, 0.29) is 24.5 Å². The molecule has 2 heterocycles. The van der Waals surface area contributed by atoms with Gasteiger partial charge in [-0.2, -0.15) is 0 Å². The second kappa shape index (κ2) is 5.07. The summed E-state index contributed by atoms with van der Waals surface area (Å²) in [6.45, 7) is 0.890. The number of nitrogens with zero attached hydrogens (tertiary/aromatic N) is 1. The van der Waals surface area contributed by atoms with Crippen LogP contribution >= 0.6 is 11.6 Å². The highest BCUT2D eigenvalue weighted by molar-refractivity contribution is 6.30. The SMILES string of the molecule is COC(=O)[C@H]1Cc2cc(Cl)ccc2[C@@H]2CNCC(=O)N12. The number of halogens is 1. The third kappa shape index (κ3) is 2.07. The largest absolute Gasteiger partial charge is 0.467 e. The maximum Gasteiger partial charge on any atom is 0.328 e. The summed E-state index contributed by atoms with van der Waals surface area (Å²) in [7, 11) is 1.34. The van der Waals surface area contributed by atoms with Crippen LogP contribution in [-0.4, -0.2) is 43.0 Å². The Kier molecular flexibility index (Phi) is 3.40. The second-order valence-corrected chi connectivity index (χ2v) is 5.47. The van der Waals surface area contributed by atoms with Crippen LogP contribution in [0.5, 0.6) is 0 Å². The summed E-state index contributed by atoms with van der Waals surface area (Å²) < 4.78 is 4.85.